The Morgan fingerprint density at radius 2 is 2.07 bits per heavy atom. The van der Waals surface area contributed by atoms with E-state index in [1.807, 2.05) is 6.07 Å². The SMILES string of the molecule is C=C=C[C@@](Cc1ccccc1)(NS(=O)(=O)c1ccc(-n2cc(C#N)cn2)s1)C(=O)O. The summed E-state index contributed by atoms with van der Waals surface area (Å²) in [5.74, 6) is -1.38. The van der Waals surface area contributed by atoms with Gasteiger partial charge in [-0.3, -0.25) is 0 Å². The lowest BCUT2D eigenvalue weighted by molar-refractivity contribution is -0.142. The highest BCUT2D eigenvalue weighted by Gasteiger charge is 2.41. The van der Waals surface area contributed by atoms with Gasteiger partial charge >= 0.3 is 5.97 Å². The Bertz CT molecular complexity index is 1260. The molecule has 0 aliphatic carbocycles. The minimum Gasteiger partial charge on any atom is -0.480 e. The Hall–Kier alpha value is -3.48. The zero-order valence-electron chi connectivity index (χ0n) is 15.5. The summed E-state index contributed by atoms with van der Waals surface area (Å²) >= 11 is 0.891. The van der Waals surface area contributed by atoms with Crippen molar-refractivity contribution in [3.05, 3.63) is 84.4 Å². The fraction of sp³-hybridized carbons (Fsp3) is 0.100. The van der Waals surface area contributed by atoms with E-state index in [1.165, 1.54) is 29.2 Å². The summed E-state index contributed by atoms with van der Waals surface area (Å²) in [5, 5.41) is 23.2. The predicted octanol–water partition coefficient (Wildman–Crippen LogP) is 2.49. The molecule has 30 heavy (non-hydrogen) atoms. The van der Waals surface area contributed by atoms with Gasteiger partial charge in [0.2, 0.25) is 0 Å². The van der Waals surface area contributed by atoms with Crippen molar-refractivity contribution >= 4 is 27.3 Å². The molecular formula is C20H16N4O4S2. The lowest BCUT2D eigenvalue weighted by Gasteiger charge is -2.26. The van der Waals surface area contributed by atoms with Crippen LogP contribution < -0.4 is 4.72 Å². The molecule has 0 amide bonds. The van der Waals surface area contributed by atoms with E-state index in [2.05, 4.69) is 22.1 Å². The van der Waals surface area contributed by atoms with Crippen molar-refractivity contribution in [2.45, 2.75) is 16.2 Å². The van der Waals surface area contributed by atoms with Gasteiger partial charge in [0.25, 0.3) is 10.0 Å². The van der Waals surface area contributed by atoms with E-state index < -0.39 is 21.5 Å². The molecular weight excluding hydrogens is 424 g/mol. The van der Waals surface area contributed by atoms with Gasteiger partial charge in [0.1, 0.15) is 15.3 Å². The summed E-state index contributed by atoms with van der Waals surface area (Å²) in [6, 6.07) is 13.5. The van der Waals surface area contributed by atoms with Crippen molar-refractivity contribution in [2.75, 3.05) is 0 Å². The van der Waals surface area contributed by atoms with E-state index in [-0.39, 0.29) is 10.6 Å². The molecule has 0 unspecified atom stereocenters. The molecule has 3 rings (SSSR count). The van der Waals surface area contributed by atoms with Gasteiger partial charge in [-0.05, 0) is 23.8 Å². The summed E-state index contributed by atoms with van der Waals surface area (Å²) in [4.78, 5) is 12.1. The van der Waals surface area contributed by atoms with Gasteiger partial charge in [-0.15, -0.1) is 17.1 Å². The number of carbonyl (C=O) groups is 1. The third-order valence-electron chi connectivity index (χ3n) is 4.14. The van der Waals surface area contributed by atoms with E-state index in [9.17, 15) is 18.3 Å². The van der Waals surface area contributed by atoms with Crippen LogP contribution in [0.4, 0.5) is 0 Å². The Morgan fingerprint density at radius 1 is 1.33 bits per heavy atom. The van der Waals surface area contributed by atoms with Crippen LogP contribution in [0.15, 0.2) is 77.5 Å². The molecule has 2 heterocycles. The van der Waals surface area contributed by atoms with Gasteiger partial charge in [0.05, 0.1) is 11.8 Å². The first kappa shape index (κ1) is 21.2. The second-order valence-corrected chi connectivity index (χ2v) is 9.24. The van der Waals surface area contributed by atoms with Crippen LogP contribution in [0.25, 0.3) is 5.00 Å². The quantitative estimate of drug-likeness (QED) is 0.519. The van der Waals surface area contributed by atoms with E-state index in [1.54, 1.807) is 30.3 Å². The first-order valence-corrected chi connectivity index (χ1v) is 10.8. The fourth-order valence-corrected chi connectivity index (χ4v) is 5.30. The van der Waals surface area contributed by atoms with Gasteiger partial charge in [0, 0.05) is 12.6 Å². The molecule has 0 aliphatic rings. The lowest BCUT2D eigenvalue weighted by Crippen LogP contribution is -2.54. The number of sulfonamides is 1. The average molecular weight is 441 g/mol. The van der Waals surface area contributed by atoms with Gasteiger partial charge in [0.15, 0.2) is 5.54 Å². The largest absolute Gasteiger partial charge is 0.480 e. The Kier molecular flexibility index (Phi) is 6.01. The van der Waals surface area contributed by atoms with Crippen LogP contribution in [0.5, 0.6) is 0 Å². The third kappa shape index (κ3) is 4.40. The number of aromatic nitrogens is 2. The van der Waals surface area contributed by atoms with Crippen molar-refractivity contribution in [2.24, 2.45) is 0 Å². The van der Waals surface area contributed by atoms with Crippen molar-refractivity contribution in [1.82, 2.24) is 14.5 Å². The Balaban J connectivity index is 1.96. The number of nitrogens with one attached hydrogen (secondary N) is 1. The molecule has 0 spiro atoms. The van der Waals surface area contributed by atoms with Gasteiger partial charge < -0.3 is 5.11 Å². The molecule has 8 nitrogen and oxygen atoms in total. The highest BCUT2D eigenvalue weighted by atomic mass is 32.2. The maximum Gasteiger partial charge on any atom is 0.329 e. The molecule has 0 fully saturated rings. The maximum absolute atomic E-state index is 13.0. The number of aliphatic carboxylic acids is 1. The minimum absolute atomic E-state index is 0.0948. The van der Waals surface area contributed by atoms with Gasteiger partial charge in [-0.25, -0.2) is 17.9 Å². The van der Waals surface area contributed by atoms with E-state index in [0.717, 1.165) is 17.4 Å². The predicted molar refractivity (Wildman–Crippen MR) is 111 cm³/mol. The summed E-state index contributed by atoms with van der Waals surface area (Å²) in [5.41, 5.74) is 1.39. The van der Waals surface area contributed by atoms with Crippen LogP contribution in [0.3, 0.4) is 0 Å². The number of nitrogens with zero attached hydrogens (tertiary/aromatic N) is 3. The second-order valence-electron chi connectivity index (χ2n) is 6.27. The highest BCUT2D eigenvalue weighted by molar-refractivity contribution is 7.91. The number of benzene rings is 1. The standard InChI is InChI=1S/C20H16N4O4S2/c1-2-10-20(19(25)26,11-15-6-4-3-5-7-15)23-30(27,28)18-9-8-17(29-18)24-14-16(12-21)13-22-24/h3-10,13-14,23H,1,11H2,(H,25,26)/t20-/m0/s1. The number of nitriles is 1. The summed E-state index contributed by atoms with van der Waals surface area (Å²) in [7, 11) is -4.21. The molecule has 0 bridgehead atoms. The van der Waals surface area contributed by atoms with Crippen LogP contribution in [0.1, 0.15) is 11.1 Å². The minimum atomic E-state index is -4.21. The van der Waals surface area contributed by atoms with Crippen molar-refractivity contribution in [3.63, 3.8) is 0 Å². The van der Waals surface area contributed by atoms with E-state index in [4.69, 9.17) is 5.26 Å². The van der Waals surface area contributed by atoms with Crippen LogP contribution in [-0.2, 0) is 21.2 Å². The van der Waals surface area contributed by atoms with Crippen molar-refractivity contribution in [1.29, 1.82) is 5.26 Å². The number of carboxylic acid groups (broad SMARTS) is 1. The molecule has 0 saturated heterocycles. The van der Waals surface area contributed by atoms with Crippen molar-refractivity contribution in [3.8, 4) is 11.1 Å². The average Bonchev–Trinajstić information content (AvgIpc) is 3.38. The smallest absolute Gasteiger partial charge is 0.329 e. The normalized spacial score (nSPS) is 13.0. The van der Waals surface area contributed by atoms with E-state index >= 15 is 0 Å². The lowest BCUT2D eigenvalue weighted by atomic mass is 9.92. The monoisotopic (exact) mass is 440 g/mol. The summed E-state index contributed by atoms with van der Waals surface area (Å²) in [6.45, 7) is 3.41. The van der Waals surface area contributed by atoms with Crippen LogP contribution in [-0.4, -0.2) is 34.8 Å². The molecule has 0 saturated carbocycles. The molecule has 3 aromatic rings. The first-order chi connectivity index (χ1) is 14.3. The highest BCUT2D eigenvalue weighted by Crippen LogP contribution is 2.27. The second kappa shape index (κ2) is 8.49. The Labute approximate surface area is 177 Å². The van der Waals surface area contributed by atoms with Crippen LogP contribution in [0, 0.1) is 11.3 Å². The topological polar surface area (TPSA) is 125 Å². The van der Waals surface area contributed by atoms with Crippen LogP contribution >= 0.6 is 11.3 Å². The van der Waals surface area contributed by atoms with E-state index in [0.29, 0.717) is 16.1 Å². The number of thiophene rings is 1. The molecule has 10 heteroatoms. The van der Waals surface area contributed by atoms with Crippen molar-refractivity contribution < 1.29 is 18.3 Å². The summed E-state index contributed by atoms with van der Waals surface area (Å²) in [6.07, 6.45) is 3.79. The zero-order chi connectivity index (χ0) is 21.8. The van der Waals surface area contributed by atoms with Gasteiger partial charge in [-0.2, -0.15) is 15.1 Å². The number of rotatable bonds is 8. The molecule has 2 N–H and O–H groups in total. The first-order valence-electron chi connectivity index (χ1n) is 8.53. The maximum atomic E-state index is 13.0. The van der Waals surface area contributed by atoms with Crippen LogP contribution in [0.2, 0.25) is 0 Å². The van der Waals surface area contributed by atoms with Gasteiger partial charge in [-0.1, -0.05) is 36.9 Å². The number of hydrogen-bond acceptors (Lipinski definition) is 6. The molecule has 152 valence electrons. The fourth-order valence-electron chi connectivity index (χ4n) is 2.76. The molecule has 0 radical (unpaired) electrons. The number of hydrogen-bond donors (Lipinski definition) is 2. The molecule has 1 atom stereocenters. The third-order valence-corrected chi connectivity index (χ3v) is 7.22. The Morgan fingerprint density at radius 3 is 2.67 bits per heavy atom. The zero-order valence-corrected chi connectivity index (χ0v) is 17.2. The number of carboxylic acids is 1. The molecule has 0 aliphatic heterocycles. The molecule has 1 aromatic carbocycles. The summed E-state index contributed by atoms with van der Waals surface area (Å²) < 4.78 is 29.6. The molecule has 2 aromatic heterocycles.